The van der Waals surface area contributed by atoms with Gasteiger partial charge in [-0.15, -0.1) is 0 Å². The van der Waals surface area contributed by atoms with Crippen LogP contribution in [0.2, 0.25) is 0 Å². The Labute approximate surface area is 105 Å². The second-order valence-corrected chi connectivity index (χ2v) is 5.93. The molecule has 0 spiro atoms. The molecule has 0 saturated carbocycles. The molecule has 0 aromatic carbocycles. The molecule has 1 amide bonds. The van der Waals surface area contributed by atoms with Crippen LogP contribution in [0.1, 0.15) is 16.9 Å². The van der Waals surface area contributed by atoms with Crippen LogP contribution in [0.15, 0.2) is 12.4 Å². The zero-order valence-corrected chi connectivity index (χ0v) is 10.7. The van der Waals surface area contributed by atoms with Crippen LogP contribution in [0.4, 0.5) is 5.82 Å². The summed E-state index contributed by atoms with van der Waals surface area (Å²) in [5, 5.41) is 2.55. The van der Waals surface area contributed by atoms with Gasteiger partial charge in [0.15, 0.2) is 5.82 Å². The minimum Gasteiger partial charge on any atom is -0.351 e. The van der Waals surface area contributed by atoms with Gasteiger partial charge in [-0.1, -0.05) is 0 Å². The van der Waals surface area contributed by atoms with Gasteiger partial charge < -0.3 is 10.7 Å². The van der Waals surface area contributed by atoms with E-state index in [2.05, 4.69) is 20.7 Å². The second kappa shape index (κ2) is 6.26. The zero-order valence-electron chi connectivity index (χ0n) is 9.88. The molecular weight excluding hydrogens is 258 g/mol. The van der Waals surface area contributed by atoms with Crippen molar-refractivity contribution in [2.75, 3.05) is 24.0 Å². The number of nitrogen functional groups attached to an aromatic ring is 1. The number of hydrogen-bond donors (Lipinski definition) is 3. The summed E-state index contributed by atoms with van der Waals surface area (Å²) >= 11 is 0. The minimum absolute atomic E-state index is 0.0311. The van der Waals surface area contributed by atoms with Crippen LogP contribution in [0.3, 0.4) is 0 Å². The molecular formula is C9H15N5O3S. The van der Waals surface area contributed by atoms with E-state index < -0.39 is 15.7 Å². The molecule has 0 unspecified atom stereocenters. The van der Waals surface area contributed by atoms with Crippen molar-refractivity contribution in [1.29, 1.82) is 0 Å². The van der Waals surface area contributed by atoms with Crippen molar-refractivity contribution < 1.29 is 13.2 Å². The average Bonchev–Trinajstić information content (AvgIpc) is 2.33. The Kier molecular flexibility index (Phi) is 4.98. The van der Waals surface area contributed by atoms with Gasteiger partial charge in [-0.3, -0.25) is 9.78 Å². The number of hydrogen-bond acceptors (Lipinski definition) is 7. The van der Waals surface area contributed by atoms with E-state index in [-0.39, 0.29) is 23.8 Å². The Hall–Kier alpha value is -1.74. The maximum absolute atomic E-state index is 11.6. The molecule has 0 saturated heterocycles. The number of sulfone groups is 1. The third-order valence-electron chi connectivity index (χ3n) is 1.99. The van der Waals surface area contributed by atoms with Crippen LogP contribution < -0.4 is 16.6 Å². The Morgan fingerprint density at radius 1 is 1.44 bits per heavy atom. The molecule has 0 aliphatic heterocycles. The molecule has 0 radical (unpaired) electrons. The summed E-state index contributed by atoms with van der Waals surface area (Å²) in [6.45, 7) is 0.258. The monoisotopic (exact) mass is 273 g/mol. The maximum atomic E-state index is 11.6. The predicted octanol–water partition coefficient (Wildman–Crippen LogP) is -1.07. The first-order valence-electron chi connectivity index (χ1n) is 5.17. The van der Waals surface area contributed by atoms with E-state index >= 15 is 0 Å². The van der Waals surface area contributed by atoms with Gasteiger partial charge in [0.2, 0.25) is 0 Å². The number of amides is 1. The lowest BCUT2D eigenvalue weighted by Crippen LogP contribution is -2.27. The van der Waals surface area contributed by atoms with Crippen molar-refractivity contribution in [2.45, 2.75) is 6.42 Å². The fraction of sp³-hybridized carbons (Fsp3) is 0.444. The number of aromatic nitrogens is 2. The topological polar surface area (TPSA) is 127 Å². The molecule has 0 aliphatic rings. The summed E-state index contributed by atoms with van der Waals surface area (Å²) in [7, 11) is -3.00. The fourth-order valence-corrected chi connectivity index (χ4v) is 1.84. The van der Waals surface area contributed by atoms with E-state index in [1.807, 2.05) is 0 Å². The summed E-state index contributed by atoms with van der Waals surface area (Å²) in [6, 6.07) is 0. The van der Waals surface area contributed by atoms with Gasteiger partial charge in [0.25, 0.3) is 5.91 Å². The number of nitrogens with two attached hydrogens (primary N) is 1. The number of rotatable bonds is 6. The highest BCUT2D eigenvalue weighted by Gasteiger charge is 2.08. The normalized spacial score (nSPS) is 11.0. The first-order chi connectivity index (χ1) is 8.42. The van der Waals surface area contributed by atoms with Crippen LogP contribution in [-0.4, -0.2) is 42.8 Å². The Morgan fingerprint density at radius 2 is 2.17 bits per heavy atom. The van der Waals surface area contributed by atoms with Crippen molar-refractivity contribution in [1.82, 2.24) is 15.3 Å². The predicted molar refractivity (Wildman–Crippen MR) is 66.5 cm³/mol. The van der Waals surface area contributed by atoms with Crippen molar-refractivity contribution in [3.8, 4) is 0 Å². The van der Waals surface area contributed by atoms with Crippen LogP contribution in [0.5, 0.6) is 0 Å². The van der Waals surface area contributed by atoms with E-state index in [9.17, 15) is 13.2 Å². The van der Waals surface area contributed by atoms with Gasteiger partial charge >= 0.3 is 0 Å². The summed E-state index contributed by atoms with van der Waals surface area (Å²) < 4.78 is 21.7. The number of carbonyl (C=O) groups excluding carboxylic acids is 1. The smallest absolute Gasteiger partial charge is 0.271 e. The lowest BCUT2D eigenvalue weighted by atomic mass is 10.4. The largest absolute Gasteiger partial charge is 0.351 e. The van der Waals surface area contributed by atoms with Crippen LogP contribution >= 0.6 is 0 Å². The number of anilines is 1. The molecule has 9 heteroatoms. The van der Waals surface area contributed by atoms with Gasteiger partial charge in [-0.2, -0.15) is 0 Å². The van der Waals surface area contributed by atoms with E-state index in [1.54, 1.807) is 0 Å². The molecule has 1 aromatic heterocycles. The van der Waals surface area contributed by atoms with E-state index in [0.717, 1.165) is 6.26 Å². The Morgan fingerprint density at radius 3 is 2.78 bits per heavy atom. The summed E-state index contributed by atoms with van der Waals surface area (Å²) in [6.07, 6.45) is 4.18. The third kappa shape index (κ3) is 5.06. The van der Waals surface area contributed by atoms with Crippen molar-refractivity contribution in [3.63, 3.8) is 0 Å². The minimum atomic E-state index is -3.00. The van der Waals surface area contributed by atoms with Gasteiger partial charge in [-0.25, -0.2) is 19.2 Å². The molecule has 1 heterocycles. The first-order valence-corrected chi connectivity index (χ1v) is 7.23. The Balaban J connectivity index is 2.45. The van der Waals surface area contributed by atoms with E-state index in [4.69, 9.17) is 5.84 Å². The second-order valence-electron chi connectivity index (χ2n) is 3.67. The van der Waals surface area contributed by atoms with E-state index in [0.29, 0.717) is 6.42 Å². The molecule has 8 nitrogen and oxygen atoms in total. The van der Waals surface area contributed by atoms with Crippen LogP contribution in [-0.2, 0) is 9.84 Å². The zero-order chi connectivity index (χ0) is 13.6. The molecule has 18 heavy (non-hydrogen) atoms. The third-order valence-corrected chi connectivity index (χ3v) is 3.02. The standard InChI is InChI=1S/C9H15N5O3S/c1-18(16,17)4-2-3-12-9(15)7-5-11-6-8(13-7)14-10/h5-6H,2-4,10H2,1H3,(H,12,15)(H,13,14). The average molecular weight is 273 g/mol. The molecule has 100 valence electrons. The number of nitrogens with one attached hydrogen (secondary N) is 2. The summed E-state index contributed by atoms with van der Waals surface area (Å²) in [4.78, 5) is 19.3. The highest BCUT2D eigenvalue weighted by atomic mass is 32.2. The SMILES string of the molecule is CS(=O)(=O)CCCNC(=O)c1cncc(NN)n1. The molecule has 0 bridgehead atoms. The van der Waals surface area contributed by atoms with Gasteiger partial charge in [0, 0.05) is 12.8 Å². The molecule has 0 aliphatic carbocycles. The van der Waals surface area contributed by atoms with Crippen molar-refractivity contribution >= 4 is 21.6 Å². The van der Waals surface area contributed by atoms with Crippen LogP contribution in [0.25, 0.3) is 0 Å². The quantitative estimate of drug-likeness (QED) is 0.342. The Bertz CT molecular complexity index is 517. The lowest BCUT2D eigenvalue weighted by Gasteiger charge is -2.05. The van der Waals surface area contributed by atoms with Gasteiger partial charge in [0.1, 0.15) is 15.5 Å². The van der Waals surface area contributed by atoms with Crippen LogP contribution in [0, 0.1) is 0 Å². The fourth-order valence-electron chi connectivity index (χ4n) is 1.17. The molecule has 4 N–H and O–H groups in total. The molecule has 0 atom stereocenters. The molecule has 1 aromatic rings. The van der Waals surface area contributed by atoms with Crippen molar-refractivity contribution in [2.24, 2.45) is 5.84 Å². The number of carbonyl (C=O) groups is 1. The first kappa shape index (κ1) is 14.3. The van der Waals surface area contributed by atoms with Gasteiger partial charge in [-0.05, 0) is 6.42 Å². The van der Waals surface area contributed by atoms with E-state index in [1.165, 1.54) is 12.4 Å². The summed E-state index contributed by atoms with van der Waals surface area (Å²) in [5.41, 5.74) is 2.39. The van der Waals surface area contributed by atoms with Gasteiger partial charge in [0.05, 0.1) is 18.1 Å². The highest BCUT2D eigenvalue weighted by molar-refractivity contribution is 7.90. The highest BCUT2D eigenvalue weighted by Crippen LogP contribution is 1.99. The number of nitrogens with zero attached hydrogens (tertiary/aromatic N) is 2. The molecule has 0 fully saturated rings. The number of hydrazine groups is 1. The summed E-state index contributed by atoms with van der Waals surface area (Å²) in [5.74, 6) is 5.02. The van der Waals surface area contributed by atoms with Crippen molar-refractivity contribution in [3.05, 3.63) is 18.1 Å². The lowest BCUT2D eigenvalue weighted by molar-refractivity contribution is 0.0948. The molecule has 1 rings (SSSR count). The maximum Gasteiger partial charge on any atom is 0.271 e.